The number of aliphatic hydroxyl groups is 1. The number of nitrogens with one attached hydrogen (secondary N) is 1. The summed E-state index contributed by atoms with van der Waals surface area (Å²) < 4.78 is 17.5. The number of rotatable bonds is 4. The Kier molecular flexibility index (Phi) is 4.26. The average Bonchev–Trinajstić information content (AvgIpc) is 3.39. The average molecular weight is 408 g/mol. The van der Waals surface area contributed by atoms with E-state index in [0.29, 0.717) is 22.8 Å². The minimum atomic E-state index is -0.571. The standard InChI is InChI=1S/C21H25N7O2/c1-3-21(29)7-4-15(5-8-21)24-19-25-18(30-2)17-16(6-10-28(17)26-19)14-12-23-20-22-9-11-27(20)13-14/h6,9-13,15,29H,3-5,7-8H2,1-2H3,(H,24,26)/i10D. The minimum absolute atomic E-state index is 0.0785. The molecule has 1 fully saturated rings. The van der Waals surface area contributed by atoms with Crippen LogP contribution in [0.15, 0.2) is 42.0 Å². The van der Waals surface area contributed by atoms with Gasteiger partial charge < -0.3 is 9.84 Å². The molecule has 30 heavy (non-hydrogen) atoms. The molecule has 0 unspecified atom stereocenters. The number of aromatic amines is 1. The van der Waals surface area contributed by atoms with Gasteiger partial charge in [-0.25, -0.2) is 15.0 Å². The monoisotopic (exact) mass is 408 g/mol. The summed E-state index contributed by atoms with van der Waals surface area (Å²) in [6.07, 6.45) is 11.3. The van der Waals surface area contributed by atoms with Crippen LogP contribution in [0, 0.1) is 0 Å². The lowest BCUT2D eigenvalue weighted by Crippen LogP contribution is -2.35. The first-order valence-corrected chi connectivity index (χ1v) is 10.2. The number of methoxy groups -OCH3 is 1. The normalized spacial score (nSPS) is 23.2. The van der Waals surface area contributed by atoms with Crippen LogP contribution >= 0.6 is 0 Å². The van der Waals surface area contributed by atoms with Crippen molar-refractivity contribution in [1.29, 1.82) is 0 Å². The molecule has 0 radical (unpaired) electrons. The molecular weight excluding hydrogens is 382 g/mol. The first-order valence-electron chi connectivity index (χ1n) is 10.7. The Morgan fingerprint density at radius 2 is 2.23 bits per heavy atom. The molecule has 0 amide bonds. The maximum absolute atomic E-state index is 10.5. The smallest absolute Gasteiger partial charge is 0.243 e. The summed E-state index contributed by atoms with van der Waals surface area (Å²) in [4.78, 5) is 17.9. The zero-order valence-corrected chi connectivity index (χ0v) is 17.0. The van der Waals surface area contributed by atoms with Crippen LogP contribution in [0.5, 0.6) is 5.88 Å². The third-order valence-corrected chi connectivity index (χ3v) is 6.04. The third-order valence-electron chi connectivity index (χ3n) is 6.04. The van der Waals surface area contributed by atoms with Gasteiger partial charge in [0.2, 0.25) is 17.3 Å². The topological polar surface area (TPSA) is 105 Å². The Bertz CT molecular complexity index is 1310. The minimum Gasteiger partial charge on any atom is -0.479 e. The number of imidazole rings is 1. The summed E-state index contributed by atoms with van der Waals surface area (Å²) in [5.41, 5.74) is 2.10. The molecule has 2 N–H and O–H groups in total. The zero-order valence-electron chi connectivity index (χ0n) is 18.0. The Morgan fingerprint density at radius 3 is 3.00 bits per heavy atom. The van der Waals surface area contributed by atoms with Crippen molar-refractivity contribution in [3.8, 4) is 17.0 Å². The van der Waals surface area contributed by atoms with E-state index in [9.17, 15) is 5.11 Å². The molecule has 0 spiro atoms. The van der Waals surface area contributed by atoms with E-state index in [4.69, 9.17) is 11.1 Å². The molecule has 0 saturated heterocycles. The zero-order chi connectivity index (χ0) is 21.6. The predicted octanol–water partition coefficient (Wildman–Crippen LogP) is 2.37. The second kappa shape index (κ2) is 7.24. The van der Waals surface area contributed by atoms with Crippen LogP contribution < -0.4 is 10.4 Å². The second-order valence-electron chi connectivity index (χ2n) is 7.84. The van der Waals surface area contributed by atoms with Crippen molar-refractivity contribution in [1.82, 2.24) is 29.0 Å². The highest BCUT2D eigenvalue weighted by molar-refractivity contribution is 5.83. The van der Waals surface area contributed by atoms with Gasteiger partial charge in [-0.15, -0.1) is 0 Å². The summed E-state index contributed by atoms with van der Waals surface area (Å²) in [6.45, 7) is 2.02. The predicted molar refractivity (Wildman–Crippen MR) is 111 cm³/mol. The van der Waals surface area contributed by atoms with Crippen LogP contribution in [0.3, 0.4) is 0 Å². The fourth-order valence-electron chi connectivity index (χ4n) is 4.13. The molecule has 5 rings (SSSR count). The van der Waals surface area contributed by atoms with Gasteiger partial charge in [0.1, 0.15) is 5.52 Å². The van der Waals surface area contributed by atoms with Gasteiger partial charge in [0.25, 0.3) is 0 Å². The molecular formula is C21H25N7O2. The SMILES string of the molecule is [2H]c1cc(-c2cnc3nccn3c2)c2c(OC)nc(=NC3CCC(O)(CC)CC3)[nH]n12. The van der Waals surface area contributed by atoms with Crippen LogP contribution in [-0.4, -0.2) is 52.8 Å². The highest BCUT2D eigenvalue weighted by atomic mass is 16.5. The van der Waals surface area contributed by atoms with Crippen LogP contribution in [0.25, 0.3) is 22.4 Å². The Hall–Kier alpha value is -3.20. The number of ether oxygens (including phenoxy) is 1. The van der Waals surface area contributed by atoms with E-state index in [2.05, 4.69) is 20.1 Å². The van der Waals surface area contributed by atoms with Crippen LogP contribution in [0.1, 0.15) is 40.4 Å². The van der Waals surface area contributed by atoms with Gasteiger partial charge in [-0.05, 0) is 38.2 Å². The van der Waals surface area contributed by atoms with Gasteiger partial charge in [-0.3, -0.25) is 14.0 Å². The molecule has 0 aromatic carbocycles. The van der Waals surface area contributed by atoms with Gasteiger partial charge >= 0.3 is 0 Å². The van der Waals surface area contributed by atoms with Crippen molar-refractivity contribution in [2.45, 2.75) is 50.7 Å². The molecule has 156 valence electrons. The lowest BCUT2D eigenvalue weighted by molar-refractivity contribution is -0.00368. The number of hydrogen-bond acceptors (Lipinski definition) is 6. The van der Waals surface area contributed by atoms with Gasteiger partial charge in [0, 0.05) is 42.1 Å². The molecule has 4 aromatic heterocycles. The summed E-state index contributed by atoms with van der Waals surface area (Å²) in [6, 6.07) is 1.83. The first-order chi connectivity index (χ1) is 15.0. The van der Waals surface area contributed by atoms with E-state index < -0.39 is 5.60 Å². The van der Waals surface area contributed by atoms with E-state index in [0.717, 1.165) is 43.2 Å². The summed E-state index contributed by atoms with van der Waals surface area (Å²) in [5.74, 6) is 0.996. The molecule has 0 atom stereocenters. The molecule has 9 heteroatoms. The van der Waals surface area contributed by atoms with Crippen molar-refractivity contribution in [2.75, 3.05) is 7.11 Å². The largest absolute Gasteiger partial charge is 0.479 e. The van der Waals surface area contributed by atoms with E-state index in [-0.39, 0.29) is 12.2 Å². The summed E-state index contributed by atoms with van der Waals surface area (Å²) in [7, 11) is 1.56. The molecule has 4 heterocycles. The number of fused-ring (bicyclic) bond motifs is 2. The number of H-pyrrole nitrogens is 1. The molecule has 4 aromatic rings. The van der Waals surface area contributed by atoms with E-state index in [1.165, 1.54) is 0 Å². The van der Waals surface area contributed by atoms with Gasteiger partial charge in [-0.1, -0.05) is 6.92 Å². The third kappa shape index (κ3) is 3.24. The highest BCUT2D eigenvalue weighted by Crippen LogP contribution is 2.32. The van der Waals surface area contributed by atoms with Crippen molar-refractivity contribution < 1.29 is 11.2 Å². The highest BCUT2D eigenvalue weighted by Gasteiger charge is 2.31. The van der Waals surface area contributed by atoms with Gasteiger partial charge in [-0.2, -0.15) is 4.98 Å². The Morgan fingerprint density at radius 1 is 1.40 bits per heavy atom. The molecule has 1 saturated carbocycles. The van der Waals surface area contributed by atoms with E-state index in [1.807, 2.05) is 23.7 Å². The van der Waals surface area contributed by atoms with E-state index in [1.54, 1.807) is 30.1 Å². The lowest BCUT2D eigenvalue weighted by Gasteiger charge is -2.33. The maximum Gasteiger partial charge on any atom is 0.243 e. The van der Waals surface area contributed by atoms with E-state index >= 15 is 0 Å². The number of nitrogens with zero attached hydrogens (tertiary/aromatic N) is 6. The van der Waals surface area contributed by atoms with Crippen LogP contribution in [0.4, 0.5) is 0 Å². The quantitative estimate of drug-likeness (QED) is 0.539. The fraction of sp³-hybridized carbons (Fsp3) is 0.429. The fourth-order valence-corrected chi connectivity index (χ4v) is 4.13. The molecule has 9 nitrogen and oxygen atoms in total. The maximum atomic E-state index is 10.5. The van der Waals surface area contributed by atoms with Gasteiger partial charge in [0.05, 0.1) is 20.1 Å². The van der Waals surface area contributed by atoms with Crippen molar-refractivity contribution >= 4 is 11.3 Å². The van der Waals surface area contributed by atoms with Crippen LogP contribution in [-0.2, 0) is 0 Å². The Labute approximate surface area is 174 Å². The number of hydrogen-bond donors (Lipinski definition) is 2. The van der Waals surface area contributed by atoms with Crippen molar-refractivity contribution in [3.05, 3.63) is 42.6 Å². The van der Waals surface area contributed by atoms with Gasteiger partial charge in [0.15, 0.2) is 0 Å². The summed E-state index contributed by atoms with van der Waals surface area (Å²) >= 11 is 0. The lowest BCUT2D eigenvalue weighted by atomic mass is 9.81. The molecule has 0 bridgehead atoms. The summed E-state index contributed by atoms with van der Waals surface area (Å²) in [5, 5.41) is 13.6. The number of aromatic nitrogens is 6. The molecule has 1 aliphatic rings. The first kappa shape index (κ1) is 17.6. The molecule has 0 aliphatic heterocycles. The van der Waals surface area contributed by atoms with Crippen molar-refractivity contribution in [3.63, 3.8) is 0 Å². The van der Waals surface area contributed by atoms with Crippen molar-refractivity contribution in [2.24, 2.45) is 4.99 Å². The second-order valence-corrected chi connectivity index (χ2v) is 7.84. The Balaban J connectivity index is 1.57. The van der Waals surface area contributed by atoms with Crippen LogP contribution in [0.2, 0.25) is 0 Å². The molecule has 1 aliphatic carbocycles.